The van der Waals surface area contributed by atoms with Crippen molar-refractivity contribution < 1.29 is 9.53 Å². The van der Waals surface area contributed by atoms with Crippen LogP contribution in [0.25, 0.3) is 22.5 Å². The average Bonchev–Trinajstić information content (AvgIpc) is 3.11. The van der Waals surface area contributed by atoms with Gasteiger partial charge in [0.1, 0.15) is 0 Å². The number of hydrogen-bond donors (Lipinski definition) is 1. The molecule has 0 spiro atoms. The Hall–Kier alpha value is -2.88. The first kappa shape index (κ1) is 16.0. The molecule has 0 unspecified atom stereocenters. The molecule has 24 heavy (non-hydrogen) atoms. The highest BCUT2D eigenvalue weighted by atomic mass is 16.5. The van der Waals surface area contributed by atoms with E-state index in [1.807, 2.05) is 18.2 Å². The number of aromatic nitrogens is 2. The molecule has 1 N–H and O–H groups in total. The molecule has 0 atom stereocenters. The number of H-pyrrole nitrogens is 1. The number of methoxy groups -OCH3 is 1. The number of carbonyl (C=O) groups is 1. The lowest BCUT2D eigenvalue weighted by molar-refractivity contribution is 0.0601. The smallest absolute Gasteiger partial charge is 0.337 e. The van der Waals surface area contributed by atoms with Gasteiger partial charge in [-0.05, 0) is 35.2 Å². The summed E-state index contributed by atoms with van der Waals surface area (Å²) in [7, 11) is 1.38. The number of hydrogen-bond acceptors (Lipinski definition) is 3. The average molecular weight is 320 g/mol. The minimum atomic E-state index is -0.338. The van der Waals surface area contributed by atoms with Crippen LogP contribution in [0.1, 0.15) is 35.7 Å². The fourth-order valence-corrected chi connectivity index (χ4v) is 2.56. The van der Waals surface area contributed by atoms with Crippen molar-refractivity contribution in [1.29, 1.82) is 0 Å². The molecule has 0 saturated carbocycles. The van der Waals surface area contributed by atoms with Crippen LogP contribution in [0.2, 0.25) is 0 Å². The SMILES string of the molecule is COC(=O)c1ccc(-c2cc(-c3ccc(C(C)C)cc3)[nH]n2)cc1. The second kappa shape index (κ2) is 6.71. The molecule has 0 aliphatic carbocycles. The molecular weight excluding hydrogens is 300 g/mol. The third-order valence-corrected chi connectivity index (χ3v) is 4.07. The predicted octanol–water partition coefficient (Wildman–Crippen LogP) is 4.65. The van der Waals surface area contributed by atoms with E-state index in [4.69, 9.17) is 4.74 Å². The highest BCUT2D eigenvalue weighted by molar-refractivity contribution is 5.89. The summed E-state index contributed by atoms with van der Waals surface area (Å²) in [6, 6.07) is 17.7. The minimum absolute atomic E-state index is 0.338. The summed E-state index contributed by atoms with van der Waals surface area (Å²) in [5.74, 6) is 0.180. The van der Waals surface area contributed by atoms with Crippen molar-refractivity contribution in [1.82, 2.24) is 10.2 Å². The van der Waals surface area contributed by atoms with Crippen LogP contribution < -0.4 is 0 Å². The van der Waals surface area contributed by atoms with E-state index in [1.165, 1.54) is 12.7 Å². The van der Waals surface area contributed by atoms with Crippen molar-refractivity contribution in [2.75, 3.05) is 7.11 Å². The van der Waals surface area contributed by atoms with Gasteiger partial charge >= 0.3 is 5.97 Å². The van der Waals surface area contributed by atoms with E-state index in [0.29, 0.717) is 11.5 Å². The van der Waals surface area contributed by atoms with E-state index >= 15 is 0 Å². The Morgan fingerprint density at radius 3 is 2.21 bits per heavy atom. The van der Waals surface area contributed by atoms with Crippen molar-refractivity contribution in [3.05, 3.63) is 65.7 Å². The summed E-state index contributed by atoms with van der Waals surface area (Å²) < 4.78 is 4.71. The Labute approximate surface area is 141 Å². The Morgan fingerprint density at radius 1 is 1.00 bits per heavy atom. The zero-order valence-electron chi connectivity index (χ0n) is 14.0. The fraction of sp³-hybridized carbons (Fsp3) is 0.200. The van der Waals surface area contributed by atoms with Gasteiger partial charge < -0.3 is 4.74 Å². The third-order valence-electron chi connectivity index (χ3n) is 4.07. The molecule has 0 aliphatic rings. The maximum atomic E-state index is 11.5. The predicted molar refractivity (Wildman–Crippen MR) is 94.9 cm³/mol. The maximum absolute atomic E-state index is 11.5. The quantitative estimate of drug-likeness (QED) is 0.712. The van der Waals surface area contributed by atoms with E-state index in [0.717, 1.165) is 22.5 Å². The van der Waals surface area contributed by atoms with Crippen LogP contribution in [0.4, 0.5) is 0 Å². The van der Waals surface area contributed by atoms with Crippen LogP contribution in [0.3, 0.4) is 0 Å². The number of ether oxygens (including phenoxy) is 1. The van der Waals surface area contributed by atoms with Crippen molar-refractivity contribution in [2.45, 2.75) is 19.8 Å². The molecule has 0 bridgehead atoms. The molecular formula is C20H20N2O2. The van der Waals surface area contributed by atoms with Crippen LogP contribution in [0.5, 0.6) is 0 Å². The molecule has 122 valence electrons. The summed E-state index contributed by atoms with van der Waals surface area (Å²) in [6.07, 6.45) is 0. The minimum Gasteiger partial charge on any atom is -0.465 e. The molecule has 3 aromatic rings. The van der Waals surface area contributed by atoms with Gasteiger partial charge in [0.2, 0.25) is 0 Å². The topological polar surface area (TPSA) is 55.0 Å². The van der Waals surface area contributed by atoms with Crippen molar-refractivity contribution in [3.8, 4) is 22.5 Å². The summed E-state index contributed by atoms with van der Waals surface area (Å²) >= 11 is 0. The lowest BCUT2D eigenvalue weighted by atomic mass is 10.0. The van der Waals surface area contributed by atoms with Gasteiger partial charge in [0.05, 0.1) is 24.1 Å². The largest absolute Gasteiger partial charge is 0.465 e. The van der Waals surface area contributed by atoms with Crippen LogP contribution in [-0.2, 0) is 4.74 Å². The molecule has 3 rings (SSSR count). The second-order valence-corrected chi connectivity index (χ2v) is 6.01. The normalized spacial score (nSPS) is 10.8. The first-order chi connectivity index (χ1) is 11.6. The molecule has 2 aromatic carbocycles. The van der Waals surface area contributed by atoms with Gasteiger partial charge in [-0.1, -0.05) is 50.2 Å². The van der Waals surface area contributed by atoms with Gasteiger partial charge in [-0.15, -0.1) is 0 Å². The summed E-state index contributed by atoms with van der Waals surface area (Å²) in [6.45, 7) is 4.36. The number of esters is 1. The zero-order valence-corrected chi connectivity index (χ0v) is 14.0. The lowest BCUT2D eigenvalue weighted by Crippen LogP contribution is -2.00. The number of benzene rings is 2. The molecule has 4 nitrogen and oxygen atoms in total. The third kappa shape index (κ3) is 3.23. The standard InChI is InChI=1S/C20H20N2O2/c1-13(2)14-4-6-15(7-5-14)18-12-19(22-21-18)16-8-10-17(11-9-16)20(23)24-3/h4-13H,1-3H3,(H,21,22). The van der Waals surface area contributed by atoms with Crippen LogP contribution in [0, 0.1) is 0 Å². The molecule has 4 heteroatoms. The van der Waals surface area contributed by atoms with Crippen molar-refractivity contribution in [3.63, 3.8) is 0 Å². The van der Waals surface area contributed by atoms with Gasteiger partial charge in [0.25, 0.3) is 0 Å². The van der Waals surface area contributed by atoms with E-state index in [9.17, 15) is 4.79 Å². The van der Waals surface area contributed by atoms with Crippen molar-refractivity contribution >= 4 is 5.97 Å². The molecule has 0 saturated heterocycles. The van der Waals surface area contributed by atoms with E-state index in [2.05, 4.69) is 48.3 Å². The first-order valence-corrected chi connectivity index (χ1v) is 7.93. The number of carbonyl (C=O) groups excluding carboxylic acids is 1. The fourth-order valence-electron chi connectivity index (χ4n) is 2.56. The Morgan fingerprint density at radius 2 is 1.62 bits per heavy atom. The van der Waals surface area contributed by atoms with Gasteiger partial charge in [0.15, 0.2) is 0 Å². The van der Waals surface area contributed by atoms with Gasteiger partial charge in [0, 0.05) is 5.56 Å². The molecule has 1 aromatic heterocycles. The summed E-state index contributed by atoms with van der Waals surface area (Å²) in [4.78, 5) is 11.5. The highest BCUT2D eigenvalue weighted by Gasteiger charge is 2.09. The Bertz CT molecular complexity index is 831. The summed E-state index contributed by atoms with van der Waals surface area (Å²) in [5.41, 5.74) is 5.71. The van der Waals surface area contributed by atoms with Crippen LogP contribution in [0.15, 0.2) is 54.6 Å². The monoisotopic (exact) mass is 320 g/mol. The van der Waals surface area contributed by atoms with Crippen LogP contribution in [-0.4, -0.2) is 23.3 Å². The number of nitrogens with one attached hydrogen (secondary N) is 1. The summed E-state index contributed by atoms with van der Waals surface area (Å²) in [5, 5.41) is 7.45. The highest BCUT2D eigenvalue weighted by Crippen LogP contribution is 2.25. The van der Waals surface area contributed by atoms with E-state index in [1.54, 1.807) is 12.1 Å². The number of aromatic amines is 1. The second-order valence-electron chi connectivity index (χ2n) is 6.01. The van der Waals surface area contributed by atoms with E-state index in [-0.39, 0.29) is 5.97 Å². The zero-order chi connectivity index (χ0) is 17.1. The van der Waals surface area contributed by atoms with Gasteiger partial charge in [-0.3, -0.25) is 5.10 Å². The maximum Gasteiger partial charge on any atom is 0.337 e. The first-order valence-electron chi connectivity index (χ1n) is 7.93. The molecule has 0 fully saturated rings. The molecule has 0 amide bonds. The molecule has 0 radical (unpaired) electrons. The lowest BCUT2D eigenvalue weighted by Gasteiger charge is -2.05. The number of rotatable bonds is 4. The molecule has 0 aliphatic heterocycles. The van der Waals surface area contributed by atoms with Gasteiger partial charge in [-0.2, -0.15) is 5.10 Å². The Kier molecular flexibility index (Phi) is 4.47. The van der Waals surface area contributed by atoms with E-state index < -0.39 is 0 Å². The van der Waals surface area contributed by atoms with Gasteiger partial charge in [-0.25, -0.2) is 4.79 Å². The Balaban J connectivity index is 1.83. The van der Waals surface area contributed by atoms with Crippen molar-refractivity contribution in [2.24, 2.45) is 0 Å². The van der Waals surface area contributed by atoms with Crippen LogP contribution >= 0.6 is 0 Å². The number of nitrogens with zero attached hydrogens (tertiary/aromatic N) is 1. The molecule has 1 heterocycles.